The zero-order valence-corrected chi connectivity index (χ0v) is 9.26. The quantitative estimate of drug-likeness (QED) is 0.728. The van der Waals surface area contributed by atoms with Crippen LogP contribution in [0.5, 0.6) is 0 Å². The largest absolute Gasteiger partial charge is 0.296 e. The summed E-state index contributed by atoms with van der Waals surface area (Å²) in [4.78, 5) is 0. The lowest BCUT2D eigenvalue weighted by Gasteiger charge is -2.19. The summed E-state index contributed by atoms with van der Waals surface area (Å²) < 4.78 is 1.87. The minimum Gasteiger partial charge on any atom is -0.296 e. The average molecular weight is 191 g/mol. The second kappa shape index (κ2) is 3.85. The first-order chi connectivity index (χ1) is 6.44. The first-order valence-corrected chi connectivity index (χ1v) is 4.67. The predicted molar refractivity (Wildman–Crippen MR) is 57.7 cm³/mol. The highest BCUT2D eigenvalue weighted by atomic mass is 15.3. The minimum atomic E-state index is -0.266. The highest BCUT2D eigenvalue weighted by Crippen LogP contribution is 2.05. The summed E-state index contributed by atoms with van der Waals surface area (Å²) in [5.41, 5.74) is 1.91. The lowest BCUT2D eigenvalue weighted by atomic mass is 10.1. The van der Waals surface area contributed by atoms with E-state index in [0.717, 1.165) is 17.9 Å². The van der Waals surface area contributed by atoms with Crippen molar-refractivity contribution < 1.29 is 0 Å². The van der Waals surface area contributed by atoms with Gasteiger partial charge in [0.25, 0.3) is 0 Å². The summed E-state index contributed by atoms with van der Waals surface area (Å²) in [6.07, 6.45) is 5.38. The van der Waals surface area contributed by atoms with Crippen LogP contribution in [0.15, 0.2) is 6.07 Å². The van der Waals surface area contributed by atoms with E-state index in [1.807, 2.05) is 32.5 Å². The third-order valence-electron chi connectivity index (χ3n) is 2.17. The number of nitrogens with one attached hydrogen (secondary N) is 1. The maximum Gasteiger partial charge on any atom is 0.0744 e. The second-order valence-electron chi connectivity index (χ2n) is 4.02. The van der Waals surface area contributed by atoms with E-state index in [1.54, 1.807) is 0 Å². The van der Waals surface area contributed by atoms with Crippen LogP contribution in [0.3, 0.4) is 0 Å². The van der Waals surface area contributed by atoms with Crippen LogP contribution in [0, 0.1) is 19.3 Å². The molecule has 1 aromatic rings. The molecule has 0 atom stereocenters. The molecule has 0 fully saturated rings. The van der Waals surface area contributed by atoms with Crippen LogP contribution in [0.2, 0.25) is 0 Å². The van der Waals surface area contributed by atoms with Crippen molar-refractivity contribution >= 4 is 0 Å². The lowest BCUT2D eigenvalue weighted by molar-refractivity contribution is 0.477. The molecule has 1 aromatic heterocycles. The number of hydrogen-bond acceptors (Lipinski definition) is 2. The fourth-order valence-electron chi connectivity index (χ4n) is 1.19. The molecule has 0 radical (unpaired) electrons. The molecule has 1 heterocycles. The Morgan fingerprint density at radius 3 is 2.71 bits per heavy atom. The summed E-state index contributed by atoms with van der Waals surface area (Å²) in [6, 6.07) is 2.06. The Kier molecular flexibility index (Phi) is 2.97. The van der Waals surface area contributed by atoms with Gasteiger partial charge in [0.2, 0.25) is 0 Å². The minimum absolute atomic E-state index is 0.266. The molecule has 0 spiro atoms. The van der Waals surface area contributed by atoms with Gasteiger partial charge in [-0.2, -0.15) is 5.10 Å². The third kappa shape index (κ3) is 2.61. The van der Waals surface area contributed by atoms with Gasteiger partial charge in [0.1, 0.15) is 0 Å². The number of aromatic nitrogens is 2. The smallest absolute Gasteiger partial charge is 0.0744 e. The molecule has 0 aliphatic heterocycles. The van der Waals surface area contributed by atoms with Gasteiger partial charge in [-0.1, -0.05) is 5.92 Å². The predicted octanol–water partition coefficient (Wildman–Crippen LogP) is 1.23. The Morgan fingerprint density at radius 2 is 2.29 bits per heavy atom. The number of nitrogens with zero attached hydrogens (tertiary/aromatic N) is 2. The van der Waals surface area contributed by atoms with Crippen LogP contribution in [0.1, 0.15) is 25.2 Å². The summed E-state index contributed by atoms with van der Waals surface area (Å²) in [6.45, 7) is 6.69. The van der Waals surface area contributed by atoms with E-state index in [0.29, 0.717) is 0 Å². The Labute approximate surface area is 85.5 Å². The van der Waals surface area contributed by atoms with Crippen molar-refractivity contribution in [2.24, 2.45) is 7.05 Å². The van der Waals surface area contributed by atoms with Crippen molar-refractivity contribution in [1.29, 1.82) is 0 Å². The highest BCUT2D eigenvalue weighted by Gasteiger charge is 2.13. The lowest BCUT2D eigenvalue weighted by Crippen LogP contribution is -2.37. The zero-order valence-electron chi connectivity index (χ0n) is 9.26. The molecule has 0 aromatic carbocycles. The summed E-state index contributed by atoms with van der Waals surface area (Å²) in [5, 5.41) is 7.54. The van der Waals surface area contributed by atoms with E-state index < -0.39 is 0 Å². The molecule has 3 heteroatoms. The van der Waals surface area contributed by atoms with E-state index >= 15 is 0 Å². The maximum absolute atomic E-state index is 5.38. The molecule has 76 valence electrons. The molecule has 3 nitrogen and oxygen atoms in total. The van der Waals surface area contributed by atoms with Crippen LogP contribution in [0.4, 0.5) is 0 Å². The van der Waals surface area contributed by atoms with Gasteiger partial charge in [0.15, 0.2) is 0 Å². The van der Waals surface area contributed by atoms with Gasteiger partial charge in [0, 0.05) is 13.6 Å². The van der Waals surface area contributed by atoms with Gasteiger partial charge < -0.3 is 0 Å². The molecular formula is C11H17N3. The zero-order chi connectivity index (χ0) is 10.8. The SMILES string of the molecule is C#CC(C)(C)NCc1cc(C)nn1C. The number of terminal acetylenes is 1. The van der Waals surface area contributed by atoms with Gasteiger partial charge in [-0.25, -0.2) is 0 Å². The van der Waals surface area contributed by atoms with E-state index in [2.05, 4.69) is 22.4 Å². The van der Waals surface area contributed by atoms with Crippen LogP contribution in [-0.2, 0) is 13.6 Å². The van der Waals surface area contributed by atoms with Crippen molar-refractivity contribution in [3.05, 3.63) is 17.5 Å². The second-order valence-corrected chi connectivity index (χ2v) is 4.02. The monoisotopic (exact) mass is 191 g/mol. The molecule has 0 saturated heterocycles. The summed E-state index contributed by atoms with van der Waals surface area (Å²) in [7, 11) is 1.94. The molecule has 0 aliphatic carbocycles. The van der Waals surface area contributed by atoms with Gasteiger partial charge in [-0.05, 0) is 26.8 Å². The van der Waals surface area contributed by atoms with Crippen molar-refractivity contribution in [2.75, 3.05) is 0 Å². The molecule has 14 heavy (non-hydrogen) atoms. The van der Waals surface area contributed by atoms with Gasteiger partial charge in [0.05, 0.1) is 16.9 Å². The van der Waals surface area contributed by atoms with Crippen molar-refractivity contribution in [2.45, 2.75) is 32.9 Å². The first-order valence-electron chi connectivity index (χ1n) is 4.67. The molecular weight excluding hydrogens is 174 g/mol. The molecule has 0 saturated carbocycles. The van der Waals surface area contributed by atoms with E-state index in [9.17, 15) is 0 Å². The average Bonchev–Trinajstić information content (AvgIpc) is 2.42. The highest BCUT2D eigenvalue weighted by molar-refractivity contribution is 5.12. The normalized spacial score (nSPS) is 11.4. The van der Waals surface area contributed by atoms with Crippen molar-refractivity contribution in [3.63, 3.8) is 0 Å². The number of aryl methyl sites for hydroxylation is 2. The molecule has 0 amide bonds. The number of rotatable bonds is 3. The Balaban J connectivity index is 2.63. The number of hydrogen-bond donors (Lipinski definition) is 1. The molecule has 1 rings (SSSR count). The third-order valence-corrected chi connectivity index (χ3v) is 2.17. The molecule has 0 aliphatic rings. The molecule has 1 N–H and O–H groups in total. The first kappa shape index (κ1) is 10.8. The van der Waals surface area contributed by atoms with Crippen LogP contribution in [-0.4, -0.2) is 15.3 Å². The summed E-state index contributed by atoms with van der Waals surface area (Å²) >= 11 is 0. The van der Waals surface area contributed by atoms with Crippen LogP contribution < -0.4 is 5.32 Å². The van der Waals surface area contributed by atoms with E-state index in [1.165, 1.54) is 0 Å². The van der Waals surface area contributed by atoms with Crippen molar-refractivity contribution in [1.82, 2.24) is 15.1 Å². The van der Waals surface area contributed by atoms with Gasteiger partial charge in [-0.3, -0.25) is 10.00 Å². The fourth-order valence-corrected chi connectivity index (χ4v) is 1.19. The van der Waals surface area contributed by atoms with E-state index in [-0.39, 0.29) is 5.54 Å². The molecule has 0 unspecified atom stereocenters. The molecule has 0 bridgehead atoms. The van der Waals surface area contributed by atoms with Crippen LogP contribution in [0.25, 0.3) is 0 Å². The maximum atomic E-state index is 5.38. The standard InChI is InChI=1S/C11H17N3/c1-6-11(3,4)12-8-10-7-9(2)13-14(10)5/h1,7,12H,8H2,2-5H3. The van der Waals surface area contributed by atoms with Gasteiger partial charge >= 0.3 is 0 Å². The van der Waals surface area contributed by atoms with Gasteiger partial charge in [-0.15, -0.1) is 6.42 Å². The topological polar surface area (TPSA) is 29.9 Å². The summed E-state index contributed by atoms with van der Waals surface area (Å²) in [5.74, 6) is 2.70. The fraction of sp³-hybridized carbons (Fsp3) is 0.545. The Hall–Kier alpha value is -1.27. The van der Waals surface area contributed by atoms with E-state index in [4.69, 9.17) is 6.42 Å². The van der Waals surface area contributed by atoms with Crippen LogP contribution >= 0.6 is 0 Å². The Bertz CT molecular complexity index is 355. The Morgan fingerprint density at radius 1 is 1.64 bits per heavy atom. The van der Waals surface area contributed by atoms with Crippen molar-refractivity contribution in [3.8, 4) is 12.3 Å².